The Morgan fingerprint density at radius 2 is 1.48 bits per heavy atom. The lowest BCUT2D eigenvalue weighted by molar-refractivity contribution is 0.587. The number of hydrogen-bond acceptors (Lipinski definition) is 3. The van der Waals surface area contributed by atoms with Crippen molar-refractivity contribution >= 4 is 10.0 Å². The van der Waals surface area contributed by atoms with Gasteiger partial charge in [-0.25, -0.2) is 13.1 Å². The predicted octanol–water partition coefficient (Wildman–Crippen LogP) is 2.03. The highest BCUT2D eigenvalue weighted by Crippen LogP contribution is 2.09. The minimum Gasteiger partial charge on any atom is -0.309 e. The van der Waals surface area contributed by atoms with Gasteiger partial charge in [-0.3, -0.25) is 0 Å². The summed E-state index contributed by atoms with van der Waals surface area (Å²) >= 11 is 0. The Morgan fingerprint density at radius 1 is 0.857 bits per heavy atom. The Kier molecular flexibility index (Phi) is 5.50. The number of hydrogen-bond donors (Lipinski definition) is 2. The molecule has 0 aliphatic heterocycles. The first-order valence-electron chi connectivity index (χ1n) is 6.83. The fraction of sp³-hybridized carbons (Fsp3) is 0.250. The third kappa shape index (κ3) is 5.30. The highest BCUT2D eigenvalue weighted by molar-refractivity contribution is 7.88. The highest BCUT2D eigenvalue weighted by atomic mass is 32.2. The normalized spacial score (nSPS) is 11.5. The molecule has 0 bridgehead atoms. The molecule has 0 aliphatic rings. The maximum atomic E-state index is 11.6. The zero-order valence-electron chi connectivity index (χ0n) is 12.0. The van der Waals surface area contributed by atoms with Crippen LogP contribution in [0.1, 0.15) is 16.7 Å². The first-order chi connectivity index (χ1) is 10.1. The highest BCUT2D eigenvalue weighted by Gasteiger charge is 2.08. The summed E-state index contributed by atoms with van der Waals surface area (Å²) in [5, 5.41) is 3.36. The minimum atomic E-state index is -3.22. The summed E-state index contributed by atoms with van der Waals surface area (Å²) in [6.07, 6.45) is 0. The van der Waals surface area contributed by atoms with Crippen LogP contribution >= 0.6 is 0 Å². The molecule has 0 aromatic heterocycles. The maximum Gasteiger partial charge on any atom is 0.215 e. The molecule has 2 aromatic rings. The van der Waals surface area contributed by atoms with E-state index in [1.54, 1.807) is 0 Å². The van der Waals surface area contributed by atoms with Crippen LogP contribution in [0.4, 0.5) is 0 Å². The van der Waals surface area contributed by atoms with Crippen molar-refractivity contribution in [3.8, 4) is 0 Å². The molecule has 0 fully saturated rings. The maximum absolute atomic E-state index is 11.6. The second-order valence-electron chi connectivity index (χ2n) is 4.87. The first-order valence-corrected chi connectivity index (χ1v) is 8.48. The van der Waals surface area contributed by atoms with Crippen LogP contribution in [0.3, 0.4) is 0 Å². The van der Waals surface area contributed by atoms with Crippen LogP contribution in [-0.2, 0) is 28.9 Å². The van der Waals surface area contributed by atoms with Crippen LogP contribution in [0.2, 0.25) is 0 Å². The standard InChI is InChI=1S/C16H20N2O2S/c1-17-21(19,20)13-16-9-5-8-15(10-16)12-18-11-14-6-3-2-4-7-14/h2-10,17-18H,11-13H2,1H3. The molecule has 0 heterocycles. The largest absolute Gasteiger partial charge is 0.309 e. The van der Waals surface area contributed by atoms with Crippen molar-refractivity contribution in [3.63, 3.8) is 0 Å². The zero-order valence-corrected chi connectivity index (χ0v) is 12.9. The molecule has 0 atom stereocenters. The van der Waals surface area contributed by atoms with E-state index in [0.717, 1.165) is 17.7 Å². The third-order valence-corrected chi connectivity index (χ3v) is 4.50. The van der Waals surface area contributed by atoms with Gasteiger partial charge < -0.3 is 5.32 Å². The summed E-state index contributed by atoms with van der Waals surface area (Å²) in [7, 11) is -1.79. The van der Waals surface area contributed by atoms with Crippen molar-refractivity contribution in [2.75, 3.05) is 7.05 Å². The van der Waals surface area contributed by atoms with E-state index in [4.69, 9.17) is 0 Å². The van der Waals surface area contributed by atoms with Gasteiger partial charge >= 0.3 is 0 Å². The Morgan fingerprint density at radius 3 is 2.19 bits per heavy atom. The topological polar surface area (TPSA) is 58.2 Å². The van der Waals surface area contributed by atoms with E-state index < -0.39 is 10.0 Å². The molecule has 0 amide bonds. The van der Waals surface area contributed by atoms with Crippen molar-refractivity contribution in [2.24, 2.45) is 0 Å². The number of benzene rings is 2. The summed E-state index contributed by atoms with van der Waals surface area (Å²) < 4.78 is 25.4. The smallest absolute Gasteiger partial charge is 0.215 e. The Balaban J connectivity index is 1.92. The van der Waals surface area contributed by atoms with Crippen LogP contribution in [0.15, 0.2) is 54.6 Å². The monoisotopic (exact) mass is 304 g/mol. The molecule has 21 heavy (non-hydrogen) atoms. The summed E-state index contributed by atoms with van der Waals surface area (Å²) in [4.78, 5) is 0. The van der Waals surface area contributed by atoms with Crippen LogP contribution < -0.4 is 10.0 Å². The van der Waals surface area contributed by atoms with Gasteiger partial charge in [-0.1, -0.05) is 54.6 Å². The lowest BCUT2D eigenvalue weighted by Gasteiger charge is -2.08. The molecule has 5 heteroatoms. The van der Waals surface area contributed by atoms with E-state index in [-0.39, 0.29) is 5.75 Å². The van der Waals surface area contributed by atoms with Crippen molar-refractivity contribution in [1.29, 1.82) is 0 Å². The lowest BCUT2D eigenvalue weighted by Crippen LogP contribution is -2.20. The fourth-order valence-electron chi connectivity index (χ4n) is 2.07. The average molecular weight is 304 g/mol. The molecule has 112 valence electrons. The molecule has 0 spiro atoms. The van der Waals surface area contributed by atoms with E-state index >= 15 is 0 Å². The van der Waals surface area contributed by atoms with Crippen molar-refractivity contribution in [2.45, 2.75) is 18.8 Å². The molecular formula is C16H20N2O2S. The van der Waals surface area contributed by atoms with E-state index in [2.05, 4.69) is 22.2 Å². The van der Waals surface area contributed by atoms with Crippen molar-refractivity contribution in [3.05, 3.63) is 71.3 Å². The number of nitrogens with one attached hydrogen (secondary N) is 2. The first kappa shape index (κ1) is 15.7. The van der Waals surface area contributed by atoms with Gasteiger partial charge in [-0.15, -0.1) is 0 Å². The Labute approximate surface area is 126 Å². The predicted molar refractivity (Wildman–Crippen MR) is 85.1 cm³/mol. The van der Waals surface area contributed by atoms with Crippen LogP contribution in [0, 0.1) is 0 Å². The van der Waals surface area contributed by atoms with E-state index in [0.29, 0.717) is 6.54 Å². The molecule has 0 saturated heterocycles. The van der Waals surface area contributed by atoms with Gasteiger partial charge in [0.15, 0.2) is 0 Å². The van der Waals surface area contributed by atoms with Crippen LogP contribution in [0.25, 0.3) is 0 Å². The second-order valence-corrected chi connectivity index (χ2v) is 6.80. The van der Waals surface area contributed by atoms with Crippen molar-refractivity contribution < 1.29 is 8.42 Å². The van der Waals surface area contributed by atoms with Gasteiger partial charge in [-0.05, 0) is 23.7 Å². The molecule has 2 aromatic carbocycles. The average Bonchev–Trinajstić information content (AvgIpc) is 2.48. The van der Waals surface area contributed by atoms with Gasteiger partial charge in [0.05, 0.1) is 5.75 Å². The quantitative estimate of drug-likeness (QED) is 0.823. The molecular weight excluding hydrogens is 284 g/mol. The van der Waals surface area contributed by atoms with Gasteiger partial charge in [0.25, 0.3) is 0 Å². The van der Waals surface area contributed by atoms with Gasteiger partial charge in [0.1, 0.15) is 0 Å². The number of sulfonamides is 1. The number of rotatable bonds is 7. The molecule has 0 radical (unpaired) electrons. The van der Waals surface area contributed by atoms with E-state index in [1.165, 1.54) is 12.6 Å². The van der Waals surface area contributed by atoms with Gasteiger partial charge in [0.2, 0.25) is 10.0 Å². The van der Waals surface area contributed by atoms with Crippen LogP contribution in [0.5, 0.6) is 0 Å². The van der Waals surface area contributed by atoms with E-state index in [9.17, 15) is 8.42 Å². The summed E-state index contributed by atoms with van der Waals surface area (Å²) in [5.74, 6) is 0.00995. The van der Waals surface area contributed by atoms with Crippen LogP contribution in [-0.4, -0.2) is 15.5 Å². The Bertz CT molecular complexity index is 670. The van der Waals surface area contributed by atoms with Crippen molar-refractivity contribution in [1.82, 2.24) is 10.0 Å². The third-order valence-electron chi connectivity index (χ3n) is 3.16. The SMILES string of the molecule is CNS(=O)(=O)Cc1cccc(CNCc2ccccc2)c1. The Hall–Kier alpha value is -1.69. The van der Waals surface area contributed by atoms with Gasteiger partial charge in [-0.2, -0.15) is 0 Å². The minimum absolute atomic E-state index is 0.00995. The molecule has 0 aliphatic carbocycles. The molecule has 4 nitrogen and oxygen atoms in total. The lowest BCUT2D eigenvalue weighted by atomic mass is 10.1. The zero-order chi connectivity index (χ0) is 15.1. The molecule has 2 rings (SSSR count). The second kappa shape index (κ2) is 7.36. The summed E-state index contributed by atoms with van der Waals surface area (Å²) in [6, 6.07) is 17.8. The van der Waals surface area contributed by atoms with E-state index in [1.807, 2.05) is 42.5 Å². The molecule has 0 unspecified atom stereocenters. The summed E-state index contributed by atoms with van der Waals surface area (Å²) in [5.41, 5.74) is 3.10. The summed E-state index contributed by atoms with van der Waals surface area (Å²) in [6.45, 7) is 1.50. The molecule has 2 N–H and O–H groups in total. The van der Waals surface area contributed by atoms with Gasteiger partial charge in [0, 0.05) is 13.1 Å². The fourth-order valence-corrected chi connectivity index (χ4v) is 2.83. The molecule has 0 saturated carbocycles.